The third-order valence-electron chi connectivity index (χ3n) is 2.68. The van der Waals surface area contributed by atoms with E-state index in [-0.39, 0.29) is 5.91 Å². The van der Waals surface area contributed by atoms with E-state index in [1.165, 1.54) is 18.3 Å². The van der Waals surface area contributed by atoms with Gasteiger partial charge in [0.15, 0.2) is 5.13 Å². The summed E-state index contributed by atoms with van der Waals surface area (Å²) < 4.78 is 1.06. The SMILES string of the molecule is CC(=O)Nc1nc2cc(-c3ccncc3)ccc2s1. The van der Waals surface area contributed by atoms with E-state index < -0.39 is 0 Å². The Bertz CT molecular complexity index is 737. The zero-order chi connectivity index (χ0) is 13.2. The van der Waals surface area contributed by atoms with Crippen LogP contribution in [-0.4, -0.2) is 15.9 Å². The molecule has 3 rings (SSSR count). The van der Waals surface area contributed by atoms with Crippen LogP contribution in [0.25, 0.3) is 21.3 Å². The Balaban J connectivity index is 2.03. The van der Waals surface area contributed by atoms with Gasteiger partial charge < -0.3 is 5.32 Å². The number of hydrogen-bond acceptors (Lipinski definition) is 4. The number of hydrogen-bond donors (Lipinski definition) is 1. The molecule has 0 aliphatic heterocycles. The van der Waals surface area contributed by atoms with E-state index in [4.69, 9.17) is 0 Å². The molecule has 94 valence electrons. The summed E-state index contributed by atoms with van der Waals surface area (Å²) in [6, 6.07) is 10.0. The number of thiazole rings is 1. The summed E-state index contributed by atoms with van der Waals surface area (Å²) in [6.45, 7) is 1.48. The predicted octanol–water partition coefficient (Wildman–Crippen LogP) is 3.32. The fourth-order valence-electron chi connectivity index (χ4n) is 1.86. The van der Waals surface area contributed by atoms with Crippen LogP contribution in [0, 0.1) is 0 Å². The molecule has 0 fully saturated rings. The summed E-state index contributed by atoms with van der Waals surface area (Å²) in [5.41, 5.74) is 3.09. The minimum Gasteiger partial charge on any atom is -0.302 e. The average molecular weight is 269 g/mol. The van der Waals surface area contributed by atoms with Gasteiger partial charge in [-0.25, -0.2) is 4.98 Å². The first-order valence-electron chi connectivity index (χ1n) is 5.81. The molecule has 0 radical (unpaired) electrons. The van der Waals surface area contributed by atoms with E-state index in [1.807, 2.05) is 30.3 Å². The Morgan fingerprint density at radius 3 is 2.68 bits per heavy atom. The predicted molar refractivity (Wildman–Crippen MR) is 77.2 cm³/mol. The fraction of sp³-hybridized carbons (Fsp3) is 0.0714. The van der Waals surface area contributed by atoms with Crippen molar-refractivity contribution < 1.29 is 4.79 Å². The Morgan fingerprint density at radius 2 is 1.95 bits per heavy atom. The van der Waals surface area contributed by atoms with Crippen molar-refractivity contribution in [3.8, 4) is 11.1 Å². The lowest BCUT2D eigenvalue weighted by Gasteiger charge is -1.99. The van der Waals surface area contributed by atoms with E-state index in [0.717, 1.165) is 21.3 Å². The molecule has 1 N–H and O–H groups in total. The lowest BCUT2D eigenvalue weighted by Crippen LogP contribution is -2.04. The van der Waals surface area contributed by atoms with Crippen LogP contribution in [0.1, 0.15) is 6.92 Å². The van der Waals surface area contributed by atoms with Crippen molar-refractivity contribution in [2.75, 3.05) is 5.32 Å². The fourth-order valence-corrected chi connectivity index (χ4v) is 2.75. The van der Waals surface area contributed by atoms with Crippen molar-refractivity contribution in [2.24, 2.45) is 0 Å². The first kappa shape index (κ1) is 11.8. The maximum Gasteiger partial charge on any atom is 0.223 e. The minimum absolute atomic E-state index is 0.103. The number of rotatable bonds is 2. The molecule has 0 aliphatic carbocycles. The van der Waals surface area contributed by atoms with Crippen LogP contribution < -0.4 is 5.32 Å². The third kappa shape index (κ3) is 2.46. The highest BCUT2D eigenvalue weighted by Gasteiger charge is 2.06. The quantitative estimate of drug-likeness (QED) is 0.776. The molecule has 2 aromatic heterocycles. The maximum atomic E-state index is 11.0. The molecule has 3 aromatic rings. The number of carbonyl (C=O) groups is 1. The Kier molecular flexibility index (Phi) is 2.97. The Morgan fingerprint density at radius 1 is 1.16 bits per heavy atom. The Labute approximate surface area is 114 Å². The van der Waals surface area contributed by atoms with Crippen molar-refractivity contribution in [2.45, 2.75) is 6.92 Å². The number of nitrogens with zero attached hydrogens (tertiary/aromatic N) is 2. The normalized spacial score (nSPS) is 10.6. The molecule has 5 heteroatoms. The standard InChI is InChI=1S/C14H11N3OS/c1-9(18)16-14-17-12-8-11(2-3-13(12)19-14)10-4-6-15-7-5-10/h2-8H,1H3,(H,16,17,18). The van der Waals surface area contributed by atoms with Crippen LogP contribution in [-0.2, 0) is 4.79 Å². The monoisotopic (exact) mass is 269 g/mol. The molecule has 2 heterocycles. The van der Waals surface area contributed by atoms with E-state index in [9.17, 15) is 4.79 Å². The van der Waals surface area contributed by atoms with Crippen LogP contribution in [0.5, 0.6) is 0 Å². The number of amides is 1. The average Bonchev–Trinajstić information content (AvgIpc) is 2.79. The third-order valence-corrected chi connectivity index (χ3v) is 3.64. The molecule has 0 spiro atoms. The van der Waals surface area contributed by atoms with Gasteiger partial charge in [0.2, 0.25) is 5.91 Å². The van der Waals surface area contributed by atoms with Crippen LogP contribution in [0.3, 0.4) is 0 Å². The van der Waals surface area contributed by atoms with E-state index in [1.54, 1.807) is 12.4 Å². The lowest BCUT2D eigenvalue weighted by atomic mass is 10.1. The molecule has 0 saturated heterocycles. The molecule has 4 nitrogen and oxygen atoms in total. The molecule has 0 atom stereocenters. The van der Waals surface area contributed by atoms with Crippen LogP contribution in [0.2, 0.25) is 0 Å². The molecular weight excluding hydrogens is 258 g/mol. The number of aromatic nitrogens is 2. The first-order chi connectivity index (χ1) is 9.22. The van der Waals surface area contributed by atoms with Gasteiger partial charge in [0.25, 0.3) is 0 Å². The van der Waals surface area contributed by atoms with Gasteiger partial charge >= 0.3 is 0 Å². The largest absolute Gasteiger partial charge is 0.302 e. The van der Waals surface area contributed by atoms with Gasteiger partial charge in [0, 0.05) is 19.3 Å². The van der Waals surface area contributed by atoms with E-state index >= 15 is 0 Å². The number of benzene rings is 1. The first-order valence-corrected chi connectivity index (χ1v) is 6.62. The van der Waals surface area contributed by atoms with Crippen molar-refractivity contribution in [3.63, 3.8) is 0 Å². The molecule has 19 heavy (non-hydrogen) atoms. The van der Waals surface area contributed by atoms with E-state index in [0.29, 0.717) is 5.13 Å². The van der Waals surface area contributed by atoms with Crippen LogP contribution >= 0.6 is 11.3 Å². The highest BCUT2D eigenvalue weighted by atomic mass is 32.1. The topological polar surface area (TPSA) is 54.9 Å². The minimum atomic E-state index is -0.103. The number of anilines is 1. The number of pyridine rings is 1. The number of fused-ring (bicyclic) bond motifs is 1. The molecule has 0 saturated carbocycles. The van der Waals surface area contributed by atoms with Gasteiger partial charge in [-0.05, 0) is 35.4 Å². The summed E-state index contributed by atoms with van der Waals surface area (Å²) in [5, 5.41) is 3.35. The smallest absolute Gasteiger partial charge is 0.223 e. The van der Waals surface area contributed by atoms with Gasteiger partial charge in [0.05, 0.1) is 10.2 Å². The van der Waals surface area contributed by atoms with Gasteiger partial charge in [-0.3, -0.25) is 9.78 Å². The van der Waals surface area contributed by atoms with Gasteiger partial charge in [0.1, 0.15) is 0 Å². The second kappa shape index (κ2) is 4.78. The highest BCUT2D eigenvalue weighted by Crippen LogP contribution is 2.29. The molecule has 1 amide bonds. The molecule has 0 unspecified atom stereocenters. The summed E-state index contributed by atoms with van der Waals surface area (Å²) >= 11 is 1.47. The second-order valence-electron chi connectivity index (χ2n) is 4.12. The number of carbonyl (C=O) groups excluding carboxylic acids is 1. The molecule has 0 bridgehead atoms. The van der Waals surface area contributed by atoms with Crippen molar-refractivity contribution in [3.05, 3.63) is 42.7 Å². The summed E-state index contributed by atoms with van der Waals surface area (Å²) in [6.07, 6.45) is 3.53. The Hall–Kier alpha value is -2.27. The highest BCUT2D eigenvalue weighted by molar-refractivity contribution is 7.22. The van der Waals surface area contributed by atoms with Gasteiger partial charge in [-0.15, -0.1) is 0 Å². The van der Waals surface area contributed by atoms with Crippen molar-refractivity contribution in [1.29, 1.82) is 0 Å². The second-order valence-corrected chi connectivity index (χ2v) is 5.15. The molecule has 1 aromatic carbocycles. The van der Waals surface area contributed by atoms with E-state index in [2.05, 4.69) is 15.3 Å². The maximum absolute atomic E-state index is 11.0. The van der Waals surface area contributed by atoms with Gasteiger partial charge in [-0.2, -0.15) is 0 Å². The van der Waals surface area contributed by atoms with Gasteiger partial charge in [-0.1, -0.05) is 17.4 Å². The molecular formula is C14H11N3OS. The lowest BCUT2D eigenvalue weighted by molar-refractivity contribution is -0.114. The zero-order valence-corrected chi connectivity index (χ0v) is 11.1. The molecule has 0 aliphatic rings. The van der Waals surface area contributed by atoms with Crippen LogP contribution in [0.4, 0.5) is 5.13 Å². The van der Waals surface area contributed by atoms with Crippen molar-refractivity contribution >= 4 is 32.6 Å². The summed E-state index contributed by atoms with van der Waals surface area (Å²) in [7, 11) is 0. The summed E-state index contributed by atoms with van der Waals surface area (Å²) in [5.74, 6) is -0.103. The van der Waals surface area contributed by atoms with Crippen molar-refractivity contribution in [1.82, 2.24) is 9.97 Å². The zero-order valence-electron chi connectivity index (χ0n) is 10.3. The van der Waals surface area contributed by atoms with Crippen LogP contribution in [0.15, 0.2) is 42.7 Å². The number of nitrogens with one attached hydrogen (secondary N) is 1. The summed E-state index contributed by atoms with van der Waals surface area (Å²) in [4.78, 5) is 19.4.